The first-order valence-corrected chi connectivity index (χ1v) is 10.4. The van der Waals surface area contributed by atoms with Gasteiger partial charge in [-0.1, -0.05) is 18.2 Å². The summed E-state index contributed by atoms with van der Waals surface area (Å²) in [6, 6.07) is 11.8. The van der Waals surface area contributed by atoms with Crippen molar-refractivity contribution in [3.8, 4) is 28.2 Å². The summed E-state index contributed by atoms with van der Waals surface area (Å²) in [5.74, 6) is -3.97. The van der Waals surface area contributed by atoms with Gasteiger partial charge in [0.1, 0.15) is 11.3 Å². The fourth-order valence-electron chi connectivity index (χ4n) is 4.00. The van der Waals surface area contributed by atoms with Crippen LogP contribution in [0.3, 0.4) is 0 Å². The first kappa shape index (κ1) is 21.8. The Morgan fingerprint density at radius 1 is 0.914 bits per heavy atom. The van der Waals surface area contributed by atoms with Gasteiger partial charge < -0.3 is 19.5 Å². The van der Waals surface area contributed by atoms with Crippen LogP contribution in [0, 0.1) is 0 Å². The quantitative estimate of drug-likeness (QED) is 0.348. The highest BCUT2D eigenvalue weighted by molar-refractivity contribution is 6.09. The summed E-state index contributed by atoms with van der Waals surface area (Å²) in [6.07, 6.45) is -0.165. The van der Waals surface area contributed by atoms with Gasteiger partial charge >= 0.3 is 11.9 Å². The van der Waals surface area contributed by atoms with E-state index in [2.05, 4.69) is 0 Å². The topological polar surface area (TPSA) is 154 Å². The lowest BCUT2D eigenvalue weighted by Gasteiger charge is -2.18. The first-order chi connectivity index (χ1) is 16.7. The average molecular weight is 472 g/mol. The molecular formula is C25H14NO9-. The van der Waals surface area contributed by atoms with Crippen LogP contribution in [0.1, 0.15) is 33.6 Å². The Kier molecular flexibility index (Phi) is 5.05. The highest BCUT2D eigenvalue weighted by Crippen LogP contribution is 2.41. The maximum Gasteiger partial charge on any atom is 0.363 e. The lowest BCUT2D eigenvalue weighted by molar-refractivity contribution is -0.268. The van der Waals surface area contributed by atoms with Crippen LogP contribution < -0.4 is 10.5 Å². The zero-order chi connectivity index (χ0) is 24.9. The second kappa shape index (κ2) is 8.10. The summed E-state index contributed by atoms with van der Waals surface area (Å²) >= 11 is 0. The predicted molar refractivity (Wildman–Crippen MR) is 117 cm³/mol. The molecule has 1 aliphatic carbocycles. The van der Waals surface area contributed by atoms with Gasteiger partial charge in [-0.3, -0.25) is 14.4 Å². The molecule has 0 bridgehead atoms. The second-order valence-electron chi connectivity index (χ2n) is 7.82. The minimum Gasteiger partial charge on any atom is -0.872 e. The van der Waals surface area contributed by atoms with E-state index < -0.39 is 23.8 Å². The standard InChI is InChI=1S/C25H15NO9/c27-13-2-5-16-19(10-13)34-20-11-14(28)3-6-17(20)23(16)15-4-1-12(9-18(15)24(31)32)25(33)35-26-21(29)7-8-22(26)30/h1-6,9-11,27H,7-8H2,(H,31,32)/p-1. The third kappa shape index (κ3) is 3.76. The average Bonchev–Trinajstić information content (AvgIpc) is 3.14. The number of imide groups is 1. The minimum atomic E-state index is -1.37. The molecule has 174 valence electrons. The summed E-state index contributed by atoms with van der Waals surface area (Å²) in [6.45, 7) is 0. The third-order valence-electron chi connectivity index (χ3n) is 5.60. The number of amides is 2. The van der Waals surface area contributed by atoms with Gasteiger partial charge in [0.2, 0.25) is 0 Å². The van der Waals surface area contributed by atoms with Crippen LogP contribution in [0.2, 0.25) is 0 Å². The van der Waals surface area contributed by atoms with Gasteiger partial charge in [0, 0.05) is 35.4 Å². The molecule has 3 aliphatic rings. The van der Waals surface area contributed by atoms with Crippen LogP contribution in [0.5, 0.6) is 5.75 Å². The number of carboxylic acids is 1. The molecule has 0 aromatic heterocycles. The number of fused-ring (bicyclic) bond motifs is 2. The van der Waals surface area contributed by atoms with E-state index in [9.17, 15) is 34.2 Å². The van der Waals surface area contributed by atoms with E-state index >= 15 is 0 Å². The number of hydroxylamine groups is 2. The summed E-state index contributed by atoms with van der Waals surface area (Å²) in [5, 5.41) is 22.6. The fraction of sp³-hybridized carbons (Fsp3) is 0.0800. The molecule has 2 aromatic rings. The van der Waals surface area contributed by atoms with Gasteiger partial charge in [0.15, 0.2) is 5.43 Å². The Morgan fingerprint density at radius 2 is 1.63 bits per heavy atom. The number of carbonyl (C=O) groups excluding carboxylic acids is 3. The van der Waals surface area contributed by atoms with Gasteiger partial charge in [-0.2, -0.15) is 0 Å². The number of aromatic carboxylic acids is 1. The van der Waals surface area contributed by atoms with Crippen LogP contribution in [-0.4, -0.2) is 33.9 Å². The monoisotopic (exact) mass is 472 g/mol. The molecule has 2 heterocycles. The van der Waals surface area contributed by atoms with Crippen molar-refractivity contribution in [2.75, 3.05) is 0 Å². The Balaban J connectivity index is 1.68. The first-order valence-electron chi connectivity index (χ1n) is 10.4. The zero-order valence-corrected chi connectivity index (χ0v) is 17.8. The molecule has 10 heteroatoms. The molecule has 0 unspecified atom stereocenters. The molecule has 1 N–H and O–H groups in total. The Bertz CT molecular complexity index is 1580. The lowest BCUT2D eigenvalue weighted by Crippen LogP contribution is -2.32. The summed E-state index contributed by atoms with van der Waals surface area (Å²) in [5.41, 5.74) is 0.306. The lowest BCUT2D eigenvalue weighted by atomic mass is 9.90. The SMILES string of the molecule is O=C(ON1C(=O)CCC1=O)c1ccc(-c2c3ccc(=O)cc-3oc3cc([O-])ccc23)c(C(=O)O)c1. The maximum absolute atomic E-state index is 12.6. The van der Waals surface area contributed by atoms with E-state index in [0.29, 0.717) is 21.6 Å². The van der Waals surface area contributed by atoms with Gasteiger partial charge in [-0.05, 0) is 35.9 Å². The van der Waals surface area contributed by atoms with Crippen molar-refractivity contribution < 1.29 is 38.6 Å². The van der Waals surface area contributed by atoms with E-state index in [0.717, 1.165) is 6.07 Å². The Morgan fingerprint density at radius 3 is 2.34 bits per heavy atom. The Hall–Kier alpha value is -4.99. The molecule has 10 nitrogen and oxygen atoms in total. The van der Waals surface area contributed by atoms with Crippen molar-refractivity contribution in [2.45, 2.75) is 12.8 Å². The fourth-order valence-corrected chi connectivity index (χ4v) is 4.00. The molecule has 1 saturated heterocycles. The highest BCUT2D eigenvalue weighted by Gasteiger charge is 2.33. The highest BCUT2D eigenvalue weighted by atomic mass is 16.7. The molecule has 0 radical (unpaired) electrons. The van der Waals surface area contributed by atoms with Gasteiger partial charge in [0.05, 0.1) is 11.1 Å². The van der Waals surface area contributed by atoms with Gasteiger partial charge in [-0.25, -0.2) is 9.59 Å². The van der Waals surface area contributed by atoms with E-state index in [1.165, 1.54) is 48.5 Å². The molecule has 0 saturated carbocycles. The molecule has 2 aromatic carbocycles. The molecular weight excluding hydrogens is 458 g/mol. The van der Waals surface area contributed by atoms with Crippen LogP contribution in [0.25, 0.3) is 33.4 Å². The van der Waals surface area contributed by atoms with E-state index in [1.54, 1.807) is 0 Å². The molecule has 35 heavy (non-hydrogen) atoms. The van der Waals surface area contributed by atoms with Crippen LogP contribution in [-0.2, 0) is 14.4 Å². The Labute approximate surface area is 195 Å². The number of hydrogen-bond acceptors (Lipinski definition) is 8. The number of hydrogen-bond donors (Lipinski definition) is 1. The second-order valence-corrected chi connectivity index (χ2v) is 7.82. The predicted octanol–water partition coefficient (Wildman–Crippen LogP) is 2.56. The van der Waals surface area contributed by atoms with Crippen molar-refractivity contribution in [1.29, 1.82) is 0 Å². The number of benzene rings is 3. The van der Waals surface area contributed by atoms with Crippen LogP contribution in [0.15, 0.2) is 63.8 Å². The summed E-state index contributed by atoms with van der Waals surface area (Å²) < 4.78 is 5.74. The molecule has 2 amide bonds. The van der Waals surface area contributed by atoms with E-state index in [-0.39, 0.29) is 52.1 Å². The number of carboxylic acid groups (broad SMARTS) is 1. The molecule has 2 aliphatic heterocycles. The third-order valence-corrected chi connectivity index (χ3v) is 5.60. The summed E-state index contributed by atoms with van der Waals surface area (Å²) in [7, 11) is 0. The minimum absolute atomic E-state index is 0.0826. The van der Waals surface area contributed by atoms with Gasteiger partial charge in [0.25, 0.3) is 11.8 Å². The number of carbonyl (C=O) groups is 4. The summed E-state index contributed by atoms with van der Waals surface area (Å²) in [4.78, 5) is 65.0. The smallest absolute Gasteiger partial charge is 0.363 e. The molecule has 0 atom stereocenters. The van der Waals surface area contributed by atoms with Crippen molar-refractivity contribution in [1.82, 2.24) is 5.06 Å². The zero-order valence-electron chi connectivity index (χ0n) is 17.8. The van der Waals surface area contributed by atoms with Crippen LogP contribution >= 0.6 is 0 Å². The molecule has 1 fully saturated rings. The maximum atomic E-state index is 12.6. The van der Waals surface area contributed by atoms with E-state index in [4.69, 9.17) is 9.25 Å². The molecule has 5 rings (SSSR count). The van der Waals surface area contributed by atoms with Crippen molar-refractivity contribution in [2.24, 2.45) is 0 Å². The van der Waals surface area contributed by atoms with Crippen molar-refractivity contribution in [3.05, 3.63) is 75.9 Å². The molecule has 0 spiro atoms. The number of nitrogens with zero attached hydrogens (tertiary/aromatic N) is 1. The number of rotatable bonds is 4. The largest absolute Gasteiger partial charge is 0.872 e. The normalized spacial score (nSPS) is 13.5. The van der Waals surface area contributed by atoms with Crippen molar-refractivity contribution in [3.63, 3.8) is 0 Å². The van der Waals surface area contributed by atoms with Crippen LogP contribution in [0.4, 0.5) is 0 Å². The van der Waals surface area contributed by atoms with E-state index in [1.807, 2.05) is 0 Å². The van der Waals surface area contributed by atoms with Gasteiger partial charge in [-0.15, -0.1) is 10.8 Å². The van der Waals surface area contributed by atoms with Crippen molar-refractivity contribution >= 4 is 34.7 Å².